The van der Waals surface area contributed by atoms with Crippen molar-refractivity contribution in [1.82, 2.24) is 14.8 Å². The van der Waals surface area contributed by atoms with Crippen LogP contribution in [0.25, 0.3) is 6.08 Å². The van der Waals surface area contributed by atoms with Crippen molar-refractivity contribution >= 4 is 35.2 Å². The van der Waals surface area contributed by atoms with Crippen molar-refractivity contribution in [2.45, 2.75) is 27.3 Å². The average molecular weight is 291 g/mol. The van der Waals surface area contributed by atoms with Gasteiger partial charge in [0.1, 0.15) is 5.57 Å². The zero-order valence-electron chi connectivity index (χ0n) is 12.0. The molecule has 106 valence electrons. The van der Waals surface area contributed by atoms with Gasteiger partial charge in [-0.25, -0.2) is 0 Å². The van der Waals surface area contributed by atoms with E-state index in [4.69, 9.17) is 12.2 Å². The third-order valence-electron chi connectivity index (χ3n) is 3.53. The minimum Gasteiger partial charge on any atom is -0.349 e. The molecule has 1 N–H and O–H groups in total. The molecule has 0 aromatic carbocycles. The van der Waals surface area contributed by atoms with Crippen molar-refractivity contribution in [2.75, 3.05) is 7.05 Å². The molecule has 0 bridgehead atoms. The van der Waals surface area contributed by atoms with Gasteiger partial charge < -0.3 is 4.57 Å². The fourth-order valence-electron chi connectivity index (χ4n) is 2.36. The van der Waals surface area contributed by atoms with Gasteiger partial charge in [0.05, 0.1) is 0 Å². The summed E-state index contributed by atoms with van der Waals surface area (Å²) in [6, 6.07) is 1.97. The number of nitrogens with one attached hydrogen (secondary N) is 1. The number of thiocarbonyl (C=S) groups is 1. The highest BCUT2D eigenvalue weighted by atomic mass is 32.1. The first-order chi connectivity index (χ1) is 9.36. The molecule has 0 spiro atoms. The van der Waals surface area contributed by atoms with Gasteiger partial charge in [0.2, 0.25) is 0 Å². The summed E-state index contributed by atoms with van der Waals surface area (Å²) in [4.78, 5) is 25.3. The fourth-order valence-corrected chi connectivity index (χ4v) is 2.54. The lowest BCUT2D eigenvalue weighted by Crippen LogP contribution is -2.52. The summed E-state index contributed by atoms with van der Waals surface area (Å²) in [6.45, 7) is 6.89. The summed E-state index contributed by atoms with van der Waals surface area (Å²) >= 11 is 4.91. The molecule has 0 atom stereocenters. The van der Waals surface area contributed by atoms with E-state index in [-0.39, 0.29) is 16.6 Å². The Morgan fingerprint density at radius 1 is 1.35 bits per heavy atom. The molecule has 0 radical (unpaired) electrons. The van der Waals surface area contributed by atoms with E-state index in [1.54, 1.807) is 13.1 Å². The van der Waals surface area contributed by atoms with E-state index in [0.717, 1.165) is 23.5 Å². The van der Waals surface area contributed by atoms with E-state index in [1.165, 1.54) is 4.90 Å². The summed E-state index contributed by atoms with van der Waals surface area (Å²) in [5.74, 6) is -0.820. The highest BCUT2D eigenvalue weighted by Crippen LogP contribution is 2.20. The second-order valence-electron chi connectivity index (χ2n) is 4.75. The normalized spacial score (nSPS) is 17.9. The Morgan fingerprint density at radius 2 is 2.00 bits per heavy atom. The average Bonchev–Trinajstić information content (AvgIpc) is 2.66. The highest BCUT2D eigenvalue weighted by molar-refractivity contribution is 7.80. The maximum Gasteiger partial charge on any atom is 0.265 e. The Morgan fingerprint density at radius 3 is 2.55 bits per heavy atom. The maximum absolute atomic E-state index is 12.1. The Labute approximate surface area is 123 Å². The molecule has 0 saturated carbocycles. The first kappa shape index (κ1) is 14.5. The number of hydrogen-bond acceptors (Lipinski definition) is 3. The second-order valence-corrected chi connectivity index (χ2v) is 5.14. The van der Waals surface area contributed by atoms with Crippen molar-refractivity contribution in [3.63, 3.8) is 0 Å². The Kier molecular flexibility index (Phi) is 3.76. The third-order valence-corrected chi connectivity index (χ3v) is 3.91. The molecule has 20 heavy (non-hydrogen) atoms. The van der Waals surface area contributed by atoms with Crippen molar-refractivity contribution in [3.05, 3.63) is 28.6 Å². The van der Waals surface area contributed by atoms with Gasteiger partial charge in [-0.05, 0) is 50.7 Å². The molecule has 2 amide bonds. The quantitative estimate of drug-likeness (QED) is 0.509. The topological polar surface area (TPSA) is 54.3 Å². The first-order valence-electron chi connectivity index (χ1n) is 6.38. The lowest BCUT2D eigenvalue weighted by molar-refractivity contribution is -0.128. The molecule has 5 nitrogen and oxygen atoms in total. The minimum atomic E-state index is -0.445. The molecule has 1 saturated heterocycles. The van der Waals surface area contributed by atoms with Gasteiger partial charge in [0.25, 0.3) is 11.8 Å². The van der Waals surface area contributed by atoms with Crippen LogP contribution >= 0.6 is 12.2 Å². The number of carbonyl (C=O) groups excluding carboxylic acids is 2. The third kappa shape index (κ3) is 2.27. The highest BCUT2D eigenvalue weighted by Gasteiger charge is 2.31. The van der Waals surface area contributed by atoms with E-state index >= 15 is 0 Å². The van der Waals surface area contributed by atoms with E-state index in [0.29, 0.717) is 0 Å². The summed E-state index contributed by atoms with van der Waals surface area (Å²) in [5, 5.41) is 2.64. The van der Waals surface area contributed by atoms with Crippen LogP contribution in [-0.2, 0) is 16.1 Å². The summed E-state index contributed by atoms with van der Waals surface area (Å²) in [7, 11) is 1.55. The van der Waals surface area contributed by atoms with Gasteiger partial charge >= 0.3 is 0 Å². The minimum absolute atomic E-state index is 0.109. The van der Waals surface area contributed by atoms with Gasteiger partial charge in [0.15, 0.2) is 5.11 Å². The van der Waals surface area contributed by atoms with E-state index in [2.05, 4.69) is 16.8 Å². The number of amides is 2. The first-order valence-corrected chi connectivity index (χ1v) is 6.79. The van der Waals surface area contributed by atoms with Crippen LogP contribution in [0.3, 0.4) is 0 Å². The smallest absolute Gasteiger partial charge is 0.265 e. The van der Waals surface area contributed by atoms with Crippen LogP contribution in [0.1, 0.15) is 23.9 Å². The number of carbonyl (C=O) groups is 2. The molecule has 1 fully saturated rings. The number of likely N-dealkylation sites (N-methyl/N-ethyl adjacent to an activating group) is 1. The predicted molar refractivity (Wildman–Crippen MR) is 81.1 cm³/mol. The Balaban J connectivity index is 2.47. The van der Waals surface area contributed by atoms with Crippen LogP contribution in [0.4, 0.5) is 0 Å². The number of nitrogens with zero attached hydrogens (tertiary/aromatic N) is 2. The van der Waals surface area contributed by atoms with E-state index in [1.807, 2.05) is 19.9 Å². The molecule has 2 rings (SSSR count). The van der Waals surface area contributed by atoms with Crippen LogP contribution in [-0.4, -0.2) is 33.4 Å². The molecule has 6 heteroatoms. The molecule has 1 aromatic heterocycles. The monoisotopic (exact) mass is 291 g/mol. The molecule has 1 aliphatic rings. The lowest BCUT2D eigenvalue weighted by atomic mass is 10.1. The van der Waals surface area contributed by atoms with Crippen LogP contribution in [0, 0.1) is 13.8 Å². The standard InChI is InChI=1S/C14H17N3O2S/c1-5-17-8(2)6-10(9(17)3)7-11-12(18)15-14(20)16(4)13(11)19/h6-7H,5H2,1-4H3,(H,15,18,20)/b11-7-. The van der Waals surface area contributed by atoms with E-state index in [9.17, 15) is 9.59 Å². The number of rotatable bonds is 2. The van der Waals surface area contributed by atoms with Gasteiger partial charge in [-0.2, -0.15) is 0 Å². The molecule has 1 aliphatic heterocycles. The summed E-state index contributed by atoms with van der Waals surface area (Å²) < 4.78 is 2.13. The molecular weight excluding hydrogens is 274 g/mol. The lowest BCUT2D eigenvalue weighted by Gasteiger charge is -2.25. The van der Waals surface area contributed by atoms with Gasteiger partial charge in [-0.3, -0.25) is 19.8 Å². The number of aryl methyl sites for hydroxylation is 1. The van der Waals surface area contributed by atoms with Crippen LogP contribution in [0.5, 0.6) is 0 Å². The SMILES string of the molecule is CCn1c(C)cc(/C=C2/C(=O)NC(=S)N(C)C2=O)c1C. The number of aromatic nitrogens is 1. The zero-order chi connectivity index (χ0) is 15.0. The summed E-state index contributed by atoms with van der Waals surface area (Å²) in [6.07, 6.45) is 1.63. The Bertz CT molecular complexity index is 643. The van der Waals surface area contributed by atoms with E-state index < -0.39 is 5.91 Å². The Hall–Kier alpha value is -1.95. The van der Waals surface area contributed by atoms with Gasteiger partial charge in [-0.1, -0.05) is 0 Å². The maximum atomic E-state index is 12.1. The van der Waals surface area contributed by atoms with Crippen molar-refractivity contribution in [2.24, 2.45) is 0 Å². The van der Waals surface area contributed by atoms with Gasteiger partial charge in [-0.15, -0.1) is 0 Å². The predicted octanol–water partition coefficient (Wildman–Crippen LogP) is 1.38. The molecule has 0 aliphatic carbocycles. The van der Waals surface area contributed by atoms with Crippen LogP contribution in [0.15, 0.2) is 11.6 Å². The molecular formula is C14H17N3O2S. The van der Waals surface area contributed by atoms with Crippen molar-refractivity contribution < 1.29 is 9.59 Å². The fraction of sp³-hybridized carbons (Fsp3) is 0.357. The van der Waals surface area contributed by atoms with Crippen LogP contribution in [0.2, 0.25) is 0 Å². The van der Waals surface area contributed by atoms with Gasteiger partial charge in [0, 0.05) is 25.0 Å². The molecule has 2 heterocycles. The van der Waals surface area contributed by atoms with Crippen molar-refractivity contribution in [1.29, 1.82) is 0 Å². The second kappa shape index (κ2) is 5.20. The van der Waals surface area contributed by atoms with Crippen molar-refractivity contribution in [3.8, 4) is 0 Å². The summed E-state index contributed by atoms with van der Waals surface area (Å²) in [5.41, 5.74) is 3.12. The zero-order valence-corrected chi connectivity index (χ0v) is 12.8. The number of hydrogen-bond donors (Lipinski definition) is 1. The molecule has 1 aromatic rings. The van der Waals surface area contributed by atoms with Crippen LogP contribution < -0.4 is 5.32 Å². The largest absolute Gasteiger partial charge is 0.349 e. The molecule has 0 unspecified atom stereocenters.